The van der Waals surface area contributed by atoms with E-state index in [1.165, 1.54) is 19.3 Å². The van der Waals surface area contributed by atoms with Gasteiger partial charge < -0.3 is 10.4 Å². The molecule has 1 fully saturated rings. The summed E-state index contributed by atoms with van der Waals surface area (Å²) in [6.07, 6.45) is 5.73. The lowest BCUT2D eigenvalue weighted by Crippen LogP contribution is -2.41. The third-order valence-electron chi connectivity index (χ3n) is 4.72. The van der Waals surface area contributed by atoms with Crippen LogP contribution in [0.1, 0.15) is 46.0 Å². The van der Waals surface area contributed by atoms with Gasteiger partial charge >= 0.3 is 0 Å². The molecule has 0 aliphatic heterocycles. The first-order valence-corrected chi connectivity index (χ1v) is 8.07. The SMILES string of the molecule is CC(C)C1CCCC(CO)(Nc2ccc(Cl)cc2)CC1. The first-order chi connectivity index (χ1) is 9.54. The van der Waals surface area contributed by atoms with E-state index in [0.717, 1.165) is 35.4 Å². The van der Waals surface area contributed by atoms with E-state index in [-0.39, 0.29) is 12.1 Å². The lowest BCUT2D eigenvalue weighted by molar-refractivity contribution is 0.193. The van der Waals surface area contributed by atoms with Gasteiger partial charge in [-0.2, -0.15) is 0 Å². The summed E-state index contributed by atoms with van der Waals surface area (Å²) in [5, 5.41) is 14.2. The van der Waals surface area contributed by atoms with E-state index in [4.69, 9.17) is 11.6 Å². The molecule has 2 N–H and O–H groups in total. The molecule has 1 aliphatic rings. The zero-order valence-corrected chi connectivity index (χ0v) is 13.3. The number of benzene rings is 1. The van der Waals surface area contributed by atoms with Gasteiger partial charge in [0, 0.05) is 10.7 Å². The molecular formula is C17H26ClNO. The number of halogens is 1. The van der Waals surface area contributed by atoms with Crippen molar-refractivity contribution in [3.05, 3.63) is 29.3 Å². The van der Waals surface area contributed by atoms with Gasteiger partial charge in [-0.25, -0.2) is 0 Å². The van der Waals surface area contributed by atoms with E-state index >= 15 is 0 Å². The maximum Gasteiger partial charge on any atom is 0.0661 e. The Hall–Kier alpha value is -0.730. The highest BCUT2D eigenvalue weighted by Gasteiger charge is 2.33. The van der Waals surface area contributed by atoms with E-state index in [1.807, 2.05) is 24.3 Å². The molecule has 2 nitrogen and oxygen atoms in total. The molecule has 0 amide bonds. The van der Waals surface area contributed by atoms with Gasteiger partial charge in [0.15, 0.2) is 0 Å². The monoisotopic (exact) mass is 295 g/mol. The minimum absolute atomic E-state index is 0.169. The molecule has 2 rings (SSSR count). The number of rotatable bonds is 4. The molecule has 0 saturated heterocycles. The lowest BCUT2D eigenvalue weighted by atomic mass is 9.86. The Morgan fingerprint density at radius 1 is 1.25 bits per heavy atom. The third-order valence-corrected chi connectivity index (χ3v) is 4.98. The van der Waals surface area contributed by atoms with Gasteiger partial charge in [-0.05, 0) is 55.4 Å². The Morgan fingerprint density at radius 3 is 2.55 bits per heavy atom. The molecule has 0 bridgehead atoms. The molecule has 0 radical (unpaired) electrons. The van der Waals surface area contributed by atoms with E-state index in [2.05, 4.69) is 19.2 Å². The van der Waals surface area contributed by atoms with Gasteiger partial charge in [0.1, 0.15) is 0 Å². The van der Waals surface area contributed by atoms with Crippen LogP contribution < -0.4 is 5.32 Å². The summed E-state index contributed by atoms with van der Waals surface area (Å²) >= 11 is 5.93. The Balaban J connectivity index is 2.07. The first kappa shape index (κ1) is 15.7. The third kappa shape index (κ3) is 3.89. The van der Waals surface area contributed by atoms with Crippen molar-refractivity contribution in [2.24, 2.45) is 11.8 Å². The van der Waals surface area contributed by atoms with Crippen molar-refractivity contribution in [3.63, 3.8) is 0 Å². The highest BCUT2D eigenvalue weighted by molar-refractivity contribution is 6.30. The highest BCUT2D eigenvalue weighted by atomic mass is 35.5. The summed E-state index contributed by atoms with van der Waals surface area (Å²) in [6, 6.07) is 7.76. The standard InChI is InChI=1S/C17H26ClNO/c1-13(2)14-4-3-10-17(12-20,11-9-14)19-16-7-5-15(18)6-8-16/h5-8,13-14,19-20H,3-4,9-12H2,1-2H3. The Kier molecular flexibility index (Phi) is 5.34. The molecule has 0 heterocycles. The minimum Gasteiger partial charge on any atom is -0.394 e. The van der Waals surface area contributed by atoms with Crippen molar-refractivity contribution in [1.82, 2.24) is 0 Å². The number of anilines is 1. The van der Waals surface area contributed by atoms with Crippen LogP contribution in [0.5, 0.6) is 0 Å². The zero-order valence-electron chi connectivity index (χ0n) is 12.5. The Labute approximate surface area is 127 Å². The van der Waals surface area contributed by atoms with E-state index in [9.17, 15) is 5.11 Å². The molecule has 1 saturated carbocycles. The Bertz CT molecular complexity index is 418. The summed E-state index contributed by atoms with van der Waals surface area (Å²) in [6.45, 7) is 4.81. The fourth-order valence-corrected chi connectivity index (χ4v) is 3.39. The van der Waals surface area contributed by atoms with Gasteiger partial charge in [-0.1, -0.05) is 38.3 Å². The van der Waals surface area contributed by atoms with Crippen LogP contribution in [0.15, 0.2) is 24.3 Å². The number of aliphatic hydroxyl groups is 1. The second-order valence-electron chi connectivity index (χ2n) is 6.51. The van der Waals surface area contributed by atoms with Gasteiger partial charge in [-0.15, -0.1) is 0 Å². The Morgan fingerprint density at radius 2 is 1.95 bits per heavy atom. The van der Waals surface area contributed by atoms with Crippen LogP contribution in [0.25, 0.3) is 0 Å². The van der Waals surface area contributed by atoms with Gasteiger partial charge in [0.05, 0.1) is 12.1 Å². The first-order valence-electron chi connectivity index (χ1n) is 7.69. The highest BCUT2D eigenvalue weighted by Crippen LogP contribution is 2.36. The smallest absolute Gasteiger partial charge is 0.0661 e. The van der Waals surface area contributed by atoms with Crippen LogP contribution in [-0.2, 0) is 0 Å². The van der Waals surface area contributed by atoms with Crippen molar-refractivity contribution >= 4 is 17.3 Å². The quantitative estimate of drug-likeness (QED) is 0.788. The predicted octanol–water partition coefficient (Wildman–Crippen LogP) is 4.72. The summed E-state index contributed by atoms with van der Waals surface area (Å²) < 4.78 is 0. The van der Waals surface area contributed by atoms with Crippen molar-refractivity contribution in [2.45, 2.75) is 51.5 Å². The number of nitrogens with one attached hydrogen (secondary N) is 1. The fraction of sp³-hybridized carbons (Fsp3) is 0.647. The molecule has 1 aromatic rings. The van der Waals surface area contributed by atoms with Crippen LogP contribution in [-0.4, -0.2) is 17.3 Å². The van der Waals surface area contributed by atoms with Crippen molar-refractivity contribution < 1.29 is 5.11 Å². The second-order valence-corrected chi connectivity index (χ2v) is 6.94. The number of aliphatic hydroxyl groups excluding tert-OH is 1. The van der Waals surface area contributed by atoms with Crippen molar-refractivity contribution in [2.75, 3.05) is 11.9 Å². The van der Waals surface area contributed by atoms with Crippen molar-refractivity contribution in [3.8, 4) is 0 Å². The molecule has 2 unspecified atom stereocenters. The molecular weight excluding hydrogens is 270 g/mol. The molecule has 1 aromatic carbocycles. The van der Waals surface area contributed by atoms with E-state index in [1.54, 1.807) is 0 Å². The largest absolute Gasteiger partial charge is 0.394 e. The average Bonchev–Trinajstić information content (AvgIpc) is 2.65. The van der Waals surface area contributed by atoms with E-state index < -0.39 is 0 Å². The molecule has 1 aliphatic carbocycles. The van der Waals surface area contributed by atoms with Gasteiger partial charge in [0.25, 0.3) is 0 Å². The van der Waals surface area contributed by atoms with Crippen LogP contribution >= 0.6 is 11.6 Å². The number of hydrogen-bond acceptors (Lipinski definition) is 2. The number of hydrogen-bond donors (Lipinski definition) is 2. The van der Waals surface area contributed by atoms with Crippen LogP contribution in [0.4, 0.5) is 5.69 Å². The fourth-order valence-electron chi connectivity index (χ4n) is 3.26. The van der Waals surface area contributed by atoms with Crippen LogP contribution in [0.2, 0.25) is 5.02 Å². The van der Waals surface area contributed by atoms with Gasteiger partial charge in [-0.3, -0.25) is 0 Å². The average molecular weight is 296 g/mol. The topological polar surface area (TPSA) is 32.3 Å². The van der Waals surface area contributed by atoms with E-state index in [0.29, 0.717) is 0 Å². The maximum atomic E-state index is 9.92. The lowest BCUT2D eigenvalue weighted by Gasteiger charge is -2.33. The van der Waals surface area contributed by atoms with Crippen LogP contribution in [0, 0.1) is 11.8 Å². The summed E-state index contributed by atoms with van der Waals surface area (Å²) in [5.41, 5.74) is 0.878. The summed E-state index contributed by atoms with van der Waals surface area (Å²) in [5.74, 6) is 1.52. The van der Waals surface area contributed by atoms with Crippen molar-refractivity contribution in [1.29, 1.82) is 0 Å². The molecule has 3 heteroatoms. The molecule has 2 atom stereocenters. The zero-order chi connectivity index (χ0) is 14.6. The molecule has 0 aromatic heterocycles. The second kappa shape index (κ2) is 6.82. The maximum absolute atomic E-state index is 9.92. The molecule has 0 spiro atoms. The van der Waals surface area contributed by atoms with Gasteiger partial charge in [0.2, 0.25) is 0 Å². The molecule has 112 valence electrons. The summed E-state index contributed by atoms with van der Waals surface area (Å²) in [4.78, 5) is 0. The minimum atomic E-state index is -0.169. The molecule has 20 heavy (non-hydrogen) atoms. The summed E-state index contributed by atoms with van der Waals surface area (Å²) in [7, 11) is 0. The predicted molar refractivity (Wildman–Crippen MR) is 86.3 cm³/mol. The van der Waals surface area contributed by atoms with Crippen LogP contribution in [0.3, 0.4) is 0 Å². The normalized spacial score (nSPS) is 27.4.